The van der Waals surface area contributed by atoms with Crippen LogP contribution in [0.4, 0.5) is 0 Å². The molecule has 0 aromatic heterocycles. The fourth-order valence-electron chi connectivity index (χ4n) is 1.17. The van der Waals surface area contributed by atoms with Crippen LogP contribution >= 0.6 is 34.8 Å². The van der Waals surface area contributed by atoms with E-state index in [2.05, 4.69) is 0 Å². The van der Waals surface area contributed by atoms with Gasteiger partial charge in [0.05, 0.1) is 0 Å². The molecule has 0 bridgehead atoms. The van der Waals surface area contributed by atoms with Gasteiger partial charge in [0.2, 0.25) is 0 Å². The van der Waals surface area contributed by atoms with Crippen LogP contribution in [0.15, 0.2) is 59.9 Å². The predicted molar refractivity (Wildman–Crippen MR) is 72.3 cm³/mol. The Morgan fingerprint density at radius 1 is 1.22 bits per heavy atom. The summed E-state index contributed by atoms with van der Waals surface area (Å²) in [5.74, 6) is 0.134. The van der Waals surface area contributed by atoms with E-state index < -0.39 is 3.79 Å². The van der Waals surface area contributed by atoms with Gasteiger partial charge in [0.25, 0.3) is 0 Å². The summed E-state index contributed by atoms with van der Waals surface area (Å²) < 4.78 is -1.26. The number of alkyl halides is 3. The van der Waals surface area contributed by atoms with Gasteiger partial charge in [0, 0.05) is 0 Å². The van der Waals surface area contributed by atoms with E-state index in [1.165, 1.54) is 0 Å². The SMILES string of the molecule is CC([O-])=C1C=CC=C1.ClC(Cl)(Cl)c1ccc[cH-]1.[Fe+2]. The molecule has 0 saturated heterocycles. The van der Waals surface area contributed by atoms with Gasteiger partial charge >= 0.3 is 17.1 Å². The molecule has 1 nitrogen and oxygen atoms in total. The molecule has 0 heterocycles. The first-order chi connectivity index (χ1) is 7.91. The molecule has 2 rings (SSSR count). The first kappa shape index (κ1) is 17.8. The Kier molecular flexibility index (Phi) is 7.93. The van der Waals surface area contributed by atoms with Crippen LogP contribution in [0.3, 0.4) is 0 Å². The summed E-state index contributed by atoms with van der Waals surface area (Å²) in [4.78, 5) is 0. The Morgan fingerprint density at radius 3 is 2.00 bits per heavy atom. The van der Waals surface area contributed by atoms with Crippen LogP contribution in [0.5, 0.6) is 0 Å². The molecule has 0 unspecified atom stereocenters. The van der Waals surface area contributed by atoms with Crippen molar-refractivity contribution in [3.63, 3.8) is 0 Å². The molecule has 5 heteroatoms. The monoisotopic (exact) mass is 344 g/mol. The largest absolute Gasteiger partial charge is 2.00 e. The first-order valence-corrected chi connectivity index (χ1v) is 6.06. The number of halogens is 3. The third-order valence-corrected chi connectivity index (χ3v) is 2.71. The molecular formula is C13H11Cl3FeO. The van der Waals surface area contributed by atoms with Crippen molar-refractivity contribution in [1.82, 2.24) is 0 Å². The molecule has 0 saturated carbocycles. The van der Waals surface area contributed by atoms with E-state index in [0.29, 0.717) is 5.56 Å². The fourth-order valence-corrected chi connectivity index (χ4v) is 1.55. The standard InChI is InChI=1S/C7H8O.C6H4Cl3.Fe/c1-6(8)7-4-2-3-5-7;7-6(8,9)5-3-1-2-4-5;/h2-5,8H,1H3;1-4H;/q;-1;+2/p-1. The molecular weight excluding hydrogens is 334 g/mol. The smallest absolute Gasteiger partial charge is 0.875 e. The molecule has 0 radical (unpaired) electrons. The van der Waals surface area contributed by atoms with Crippen molar-refractivity contribution in [3.8, 4) is 0 Å². The molecule has 0 spiro atoms. The third-order valence-electron chi connectivity index (χ3n) is 2.06. The normalized spacial score (nSPS) is 12.8. The van der Waals surface area contributed by atoms with E-state index in [1.807, 2.05) is 36.4 Å². The van der Waals surface area contributed by atoms with Crippen LogP contribution in [0.2, 0.25) is 0 Å². The first-order valence-electron chi connectivity index (χ1n) is 4.93. The average Bonchev–Trinajstić information content (AvgIpc) is 2.92. The zero-order chi connectivity index (χ0) is 12.9. The maximum Gasteiger partial charge on any atom is 2.00 e. The summed E-state index contributed by atoms with van der Waals surface area (Å²) in [5.41, 5.74) is 1.51. The van der Waals surface area contributed by atoms with Gasteiger partial charge in [-0.15, -0.1) is 11.3 Å². The van der Waals surface area contributed by atoms with E-state index in [1.54, 1.807) is 19.1 Å². The summed E-state index contributed by atoms with van der Waals surface area (Å²) in [6.07, 6.45) is 7.33. The van der Waals surface area contributed by atoms with Crippen molar-refractivity contribution >= 4 is 34.8 Å². The van der Waals surface area contributed by atoms with Gasteiger partial charge in [-0.05, 0) is 5.57 Å². The van der Waals surface area contributed by atoms with Crippen molar-refractivity contribution in [1.29, 1.82) is 0 Å². The molecule has 1 aromatic carbocycles. The van der Waals surface area contributed by atoms with E-state index in [-0.39, 0.29) is 22.8 Å². The molecule has 1 aliphatic rings. The van der Waals surface area contributed by atoms with E-state index in [0.717, 1.165) is 5.57 Å². The predicted octanol–water partition coefficient (Wildman–Crippen LogP) is 3.98. The molecule has 0 atom stereocenters. The zero-order valence-electron chi connectivity index (χ0n) is 9.51. The minimum atomic E-state index is -1.26. The van der Waals surface area contributed by atoms with E-state index >= 15 is 0 Å². The molecule has 1 aromatic rings. The van der Waals surface area contributed by atoms with Crippen molar-refractivity contribution in [2.24, 2.45) is 0 Å². The van der Waals surface area contributed by atoms with Crippen LogP contribution in [0, 0.1) is 0 Å². The Hall–Kier alpha value is -0.241. The van der Waals surface area contributed by atoms with Crippen molar-refractivity contribution < 1.29 is 22.2 Å². The second-order valence-corrected chi connectivity index (χ2v) is 5.68. The van der Waals surface area contributed by atoms with Crippen LogP contribution in [0.25, 0.3) is 0 Å². The summed E-state index contributed by atoms with van der Waals surface area (Å²) in [6.45, 7) is 1.56. The summed E-state index contributed by atoms with van der Waals surface area (Å²) in [5, 5.41) is 10.5. The maximum absolute atomic E-state index is 10.5. The van der Waals surface area contributed by atoms with Gasteiger partial charge in [-0.3, -0.25) is 0 Å². The van der Waals surface area contributed by atoms with E-state index in [9.17, 15) is 5.11 Å². The van der Waals surface area contributed by atoms with E-state index in [4.69, 9.17) is 34.8 Å². The second kappa shape index (κ2) is 8.04. The maximum atomic E-state index is 10.5. The average molecular weight is 345 g/mol. The minimum Gasteiger partial charge on any atom is -0.875 e. The fraction of sp³-hybridized carbons (Fsp3) is 0.154. The van der Waals surface area contributed by atoms with Gasteiger partial charge in [0.15, 0.2) is 3.79 Å². The van der Waals surface area contributed by atoms with Crippen LogP contribution in [-0.4, -0.2) is 0 Å². The summed E-state index contributed by atoms with van der Waals surface area (Å²) in [6, 6.07) is 7.20. The Bertz CT molecular complexity index is 421. The summed E-state index contributed by atoms with van der Waals surface area (Å²) in [7, 11) is 0. The van der Waals surface area contributed by atoms with Crippen LogP contribution in [-0.2, 0) is 20.9 Å². The molecule has 18 heavy (non-hydrogen) atoms. The van der Waals surface area contributed by atoms with Gasteiger partial charge in [-0.1, -0.05) is 66.0 Å². The number of allylic oxidation sites excluding steroid dienone is 6. The molecule has 0 N–H and O–H groups in total. The van der Waals surface area contributed by atoms with Crippen molar-refractivity contribution in [3.05, 3.63) is 65.5 Å². The van der Waals surface area contributed by atoms with Crippen LogP contribution < -0.4 is 5.11 Å². The van der Waals surface area contributed by atoms with Gasteiger partial charge < -0.3 is 5.11 Å². The zero-order valence-corrected chi connectivity index (χ0v) is 12.9. The number of hydrogen-bond acceptors (Lipinski definition) is 1. The van der Waals surface area contributed by atoms with Crippen LogP contribution in [0.1, 0.15) is 12.5 Å². The van der Waals surface area contributed by atoms with Gasteiger partial charge in [0.1, 0.15) is 0 Å². The van der Waals surface area contributed by atoms with Crippen molar-refractivity contribution in [2.45, 2.75) is 10.7 Å². The molecule has 98 valence electrons. The number of rotatable bonds is 0. The van der Waals surface area contributed by atoms with Crippen molar-refractivity contribution in [2.75, 3.05) is 0 Å². The Balaban J connectivity index is 0.000000306. The Labute approximate surface area is 133 Å². The second-order valence-electron chi connectivity index (χ2n) is 3.40. The van der Waals surface area contributed by atoms with Gasteiger partial charge in [-0.25, -0.2) is 12.1 Å². The molecule has 0 amide bonds. The Morgan fingerprint density at radius 2 is 1.78 bits per heavy atom. The van der Waals surface area contributed by atoms with Gasteiger partial charge in [-0.2, -0.15) is 12.1 Å². The topological polar surface area (TPSA) is 23.1 Å². The summed E-state index contributed by atoms with van der Waals surface area (Å²) >= 11 is 16.6. The molecule has 0 aliphatic heterocycles. The molecule has 1 aliphatic carbocycles. The third kappa shape index (κ3) is 6.08. The molecule has 0 fully saturated rings. The minimum absolute atomic E-state index is 0. The number of hydrogen-bond donors (Lipinski definition) is 0. The quantitative estimate of drug-likeness (QED) is 0.302.